The lowest BCUT2D eigenvalue weighted by Crippen LogP contribution is -2.46. The number of nitrogens with one attached hydrogen (secondary N) is 2. The van der Waals surface area contributed by atoms with E-state index < -0.39 is 30.4 Å². The number of esters is 1. The molecule has 2 N–H and O–H groups in total. The summed E-state index contributed by atoms with van der Waals surface area (Å²) in [6.07, 6.45) is 1.37. The first-order valence-electron chi connectivity index (χ1n) is 8.70. The van der Waals surface area contributed by atoms with Gasteiger partial charge >= 0.3 is 5.97 Å². The van der Waals surface area contributed by atoms with E-state index in [1.54, 1.807) is 19.9 Å². The molecule has 7 nitrogen and oxygen atoms in total. The molecule has 0 fully saturated rings. The SMILES string of the molecule is Cc1ccccc1CNC(=O)COC(=O)[C@@H](NC(=O)c1ccco1)C(C)C. The second-order valence-electron chi connectivity index (χ2n) is 6.48. The van der Waals surface area contributed by atoms with Crippen molar-refractivity contribution in [2.24, 2.45) is 5.92 Å². The number of rotatable bonds is 8. The summed E-state index contributed by atoms with van der Waals surface area (Å²) in [5.74, 6) is -1.71. The Morgan fingerprint density at radius 2 is 1.85 bits per heavy atom. The van der Waals surface area contributed by atoms with Crippen LogP contribution >= 0.6 is 0 Å². The summed E-state index contributed by atoms with van der Waals surface area (Å²) in [6, 6.07) is 9.88. The molecule has 0 radical (unpaired) electrons. The van der Waals surface area contributed by atoms with Gasteiger partial charge in [-0.15, -0.1) is 0 Å². The normalized spacial score (nSPS) is 11.7. The molecule has 2 amide bonds. The number of aryl methyl sites for hydroxylation is 1. The van der Waals surface area contributed by atoms with Crippen molar-refractivity contribution in [2.75, 3.05) is 6.61 Å². The van der Waals surface area contributed by atoms with Crippen LogP contribution in [0.3, 0.4) is 0 Å². The van der Waals surface area contributed by atoms with Crippen molar-refractivity contribution in [3.8, 4) is 0 Å². The number of carbonyl (C=O) groups excluding carboxylic acids is 3. The summed E-state index contributed by atoms with van der Waals surface area (Å²) in [7, 11) is 0. The van der Waals surface area contributed by atoms with Crippen molar-refractivity contribution in [3.63, 3.8) is 0 Å². The summed E-state index contributed by atoms with van der Waals surface area (Å²) in [4.78, 5) is 36.3. The van der Waals surface area contributed by atoms with Crippen LogP contribution in [-0.4, -0.2) is 30.4 Å². The zero-order chi connectivity index (χ0) is 19.8. The highest BCUT2D eigenvalue weighted by atomic mass is 16.5. The van der Waals surface area contributed by atoms with Crippen LogP contribution in [0.1, 0.15) is 35.5 Å². The molecule has 1 heterocycles. The van der Waals surface area contributed by atoms with Crippen LogP contribution in [0.15, 0.2) is 47.1 Å². The zero-order valence-corrected chi connectivity index (χ0v) is 15.7. The largest absolute Gasteiger partial charge is 0.459 e. The predicted octanol–water partition coefficient (Wildman–Crippen LogP) is 2.20. The van der Waals surface area contributed by atoms with E-state index in [1.807, 2.05) is 31.2 Å². The maximum Gasteiger partial charge on any atom is 0.329 e. The molecular formula is C20H24N2O5. The highest BCUT2D eigenvalue weighted by Crippen LogP contribution is 2.08. The van der Waals surface area contributed by atoms with Gasteiger partial charge in [0.25, 0.3) is 11.8 Å². The van der Waals surface area contributed by atoms with Gasteiger partial charge in [0.05, 0.1) is 6.26 Å². The quantitative estimate of drug-likeness (QED) is 0.693. The monoisotopic (exact) mass is 372 g/mol. The molecule has 0 saturated heterocycles. The van der Waals surface area contributed by atoms with E-state index in [-0.39, 0.29) is 11.7 Å². The van der Waals surface area contributed by atoms with Crippen LogP contribution in [0.5, 0.6) is 0 Å². The Hall–Kier alpha value is -3.09. The van der Waals surface area contributed by atoms with Crippen molar-refractivity contribution in [1.82, 2.24) is 10.6 Å². The lowest BCUT2D eigenvalue weighted by atomic mass is 10.0. The zero-order valence-electron chi connectivity index (χ0n) is 15.7. The third-order valence-corrected chi connectivity index (χ3v) is 4.03. The van der Waals surface area contributed by atoms with Gasteiger partial charge in [0.2, 0.25) is 0 Å². The Labute approximate surface area is 158 Å². The minimum atomic E-state index is -0.883. The van der Waals surface area contributed by atoms with Crippen LogP contribution in [0, 0.1) is 12.8 Å². The van der Waals surface area contributed by atoms with Crippen molar-refractivity contribution < 1.29 is 23.5 Å². The van der Waals surface area contributed by atoms with E-state index in [0.717, 1.165) is 11.1 Å². The average Bonchev–Trinajstić information content (AvgIpc) is 3.18. The molecule has 144 valence electrons. The summed E-state index contributed by atoms with van der Waals surface area (Å²) in [5, 5.41) is 5.28. The fourth-order valence-corrected chi connectivity index (χ4v) is 2.40. The molecule has 0 aliphatic rings. The first-order valence-corrected chi connectivity index (χ1v) is 8.70. The van der Waals surface area contributed by atoms with E-state index in [4.69, 9.17) is 9.15 Å². The molecule has 27 heavy (non-hydrogen) atoms. The van der Waals surface area contributed by atoms with Crippen molar-refractivity contribution in [3.05, 3.63) is 59.5 Å². The predicted molar refractivity (Wildman–Crippen MR) is 98.8 cm³/mol. The number of hydrogen-bond acceptors (Lipinski definition) is 5. The van der Waals surface area contributed by atoms with Gasteiger partial charge in [-0.05, 0) is 36.1 Å². The summed E-state index contributed by atoms with van der Waals surface area (Å²) in [5.41, 5.74) is 2.05. The van der Waals surface area contributed by atoms with Crippen molar-refractivity contribution in [2.45, 2.75) is 33.4 Å². The molecule has 0 saturated carbocycles. The number of ether oxygens (including phenoxy) is 1. The minimum Gasteiger partial charge on any atom is -0.459 e. The topological polar surface area (TPSA) is 97.6 Å². The number of carbonyl (C=O) groups is 3. The number of furan rings is 1. The summed E-state index contributed by atoms with van der Waals surface area (Å²) < 4.78 is 10.1. The first kappa shape index (κ1) is 20.2. The van der Waals surface area contributed by atoms with Crippen LogP contribution in [0.25, 0.3) is 0 Å². The van der Waals surface area contributed by atoms with Gasteiger partial charge in [-0.2, -0.15) is 0 Å². The molecule has 0 spiro atoms. The van der Waals surface area contributed by atoms with E-state index in [2.05, 4.69) is 10.6 Å². The van der Waals surface area contributed by atoms with Crippen LogP contribution in [-0.2, 0) is 20.9 Å². The maximum atomic E-state index is 12.3. The fourth-order valence-electron chi connectivity index (χ4n) is 2.40. The fraction of sp³-hybridized carbons (Fsp3) is 0.350. The lowest BCUT2D eigenvalue weighted by molar-refractivity contribution is -0.151. The van der Waals surface area contributed by atoms with E-state index in [1.165, 1.54) is 12.3 Å². The van der Waals surface area contributed by atoms with Gasteiger partial charge in [-0.3, -0.25) is 9.59 Å². The summed E-state index contributed by atoms with van der Waals surface area (Å²) in [6.45, 7) is 5.44. The highest BCUT2D eigenvalue weighted by molar-refractivity contribution is 5.94. The third kappa shape index (κ3) is 5.99. The van der Waals surface area contributed by atoms with Gasteiger partial charge < -0.3 is 19.8 Å². The average molecular weight is 372 g/mol. The van der Waals surface area contributed by atoms with Crippen molar-refractivity contribution in [1.29, 1.82) is 0 Å². The Balaban J connectivity index is 1.83. The van der Waals surface area contributed by atoms with Gasteiger partial charge in [0.15, 0.2) is 12.4 Å². The minimum absolute atomic E-state index is 0.101. The number of benzene rings is 1. The Kier molecular flexibility index (Phi) is 7.16. The second-order valence-corrected chi connectivity index (χ2v) is 6.48. The van der Waals surface area contributed by atoms with Gasteiger partial charge in [0, 0.05) is 6.54 Å². The van der Waals surface area contributed by atoms with Gasteiger partial charge in [-0.1, -0.05) is 38.1 Å². The Morgan fingerprint density at radius 3 is 2.48 bits per heavy atom. The second kappa shape index (κ2) is 9.56. The molecule has 7 heteroatoms. The molecule has 0 unspecified atom stereocenters. The molecule has 2 rings (SSSR count). The lowest BCUT2D eigenvalue weighted by Gasteiger charge is -2.20. The Bertz CT molecular complexity index is 783. The molecule has 0 aliphatic heterocycles. The molecule has 2 aromatic rings. The maximum absolute atomic E-state index is 12.3. The van der Waals surface area contributed by atoms with Crippen molar-refractivity contribution >= 4 is 17.8 Å². The summed E-state index contributed by atoms with van der Waals surface area (Å²) >= 11 is 0. The van der Waals surface area contributed by atoms with E-state index in [0.29, 0.717) is 6.54 Å². The molecule has 1 aromatic carbocycles. The first-order chi connectivity index (χ1) is 12.9. The molecule has 1 aromatic heterocycles. The smallest absolute Gasteiger partial charge is 0.329 e. The van der Waals surface area contributed by atoms with Crippen LogP contribution in [0.2, 0.25) is 0 Å². The van der Waals surface area contributed by atoms with Crippen LogP contribution < -0.4 is 10.6 Å². The molecule has 0 bridgehead atoms. The standard InChI is InChI=1S/C20H24N2O5/c1-13(2)18(22-19(24)16-9-6-10-26-16)20(25)27-12-17(23)21-11-15-8-5-4-7-14(15)3/h4-10,13,18H,11-12H2,1-3H3,(H,21,23)(H,22,24)/t18-/m0/s1. The Morgan fingerprint density at radius 1 is 1.11 bits per heavy atom. The van der Waals surface area contributed by atoms with Gasteiger partial charge in [0.1, 0.15) is 6.04 Å². The van der Waals surface area contributed by atoms with E-state index >= 15 is 0 Å². The molecule has 1 atom stereocenters. The number of hydrogen-bond donors (Lipinski definition) is 2. The van der Waals surface area contributed by atoms with E-state index in [9.17, 15) is 14.4 Å². The third-order valence-electron chi connectivity index (χ3n) is 4.03. The number of amides is 2. The molecule has 0 aliphatic carbocycles. The van der Waals surface area contributed by atoms with Gasteiger partial charge in [-0.25, -0.2) is 4.79 Å². The molecular weight excluding hydrogens is 348 g/mol. The van der Waals surface area contributed by atoms with Crippen LogP contribution in [0.4, 0.5) is 0 Å². The highest BCUT2D eigenvalue weighted by Gasteiger charge is 2.27.